The molecule has 0 heterocycles. The number of nitrogens with one attached hydrogen (secondary N) is 1. The van der Waals surface area contributed by atoms with Gasteiger partial charge in [-0.2, -0.15) is 5.26 Å². The number of nitriles is 1. The number of carbonyl (C=O) groups is 1. The molecule has 0 fully saturated rings. The van der Waals surface area contributed by atoms with E-state index < -0.39 is 5.66 Å². The van der Waals surface area contributed by atoms with Gasteiger partial charge in [0, 0.05) is 11.3 Å². The van der Waals surface area contributed by atoms with E-state index in [-0.39, 0.29) is 0 Å². The zero-order chi connectivity index (χ0) is 10.6. The lowest BCUT2D eigenvalue weighted by Gasteiger charge is -2.18. The second-order valence-corrected chi connectivity index (χ2v) is 3.18. The highest BCUT2D eigenvalue weighted by Gasteiger charge is 2.15. The molecular weight excluding hydrogens is 178 g/mol. The number of benzene rings is 1. The fourth-order valence-corrected chi connectivity index (χ4v) is 0.973. The van der Waals surface area contributed by atoms with Gasteiger partial charge in [0.25, 0.3) is 0 Å². The molecule has 4 heteroatoms. The molecule has 0 radical (unpaired) electrons. The average Bonchev–Trinajstić information content (AvgIpc) is 2.19. The van der Waals surface area contributed by atoms with Crippen LogP contribution in [0.3, 0.4) is 0 Å². The minimum Gasteiger partial charge on any atom is -0.356 e. The van der Waals surface area contributed by atoms with E-state index in [0.717, 1.165) is 6.29 Å². The number of rotatable bonds is 3. The third-order valence-electron chi connectivity index (χ3n) is 1.68. The number of aldehydes is 1. The fourth-order valence-electron chi connectivity index (χ4n) is 0.973. The molecule has 4 nitrogen and oxygen atoms in total. The largest absolute Gasteiger partial charge is 0.356 e. The molecule has 0 saturated heterocycles. The molecule has 0 bridgehead atoms. The van der Waals surface area contributed by atoms with Crippen LogP contribution in [0.5, 0.6) is 0 Å². The minimum absolute atomic E-state index is 0.589. The summed E-state index contributed by atoms with van der Waals surface area (Å²) in [6.07, 6.45) is 0.760. The third kappa shape index (κ3) is 2.57. The summed E-state index contributed by atoms with van der Waals surface area (Å²) in [7, 11) is 0. The van der Waals surface area contributed by atoms with Crippen LogP contribution in [0.2, 0.25) is 0 Å². The van der Waals surface area contributed by atoms with Crippen LogP contribution in [-0.4, -0.2) is 11.9 Å². The Bertz CT molecular complexity index is 362. The molecule has 0 aliphatic rings. The molecule has 1 aromatic carbocycles. The first kappa shape index (κ1) is 10.2. The molecule has 72 valence electrons. The molecule has 1 atom stereocenters. The second-order valence-electron chi connectivity index (χ2n) is 3.18. The van der Waals surface area contributed by atoms with E-state index in [2.05, 4.69) is 5.32 Å². The van der Waals surface area contributed by atoms with Crippen molar-refractivity contribution in [3.8, 4) is 6.07 Å². The van der Waals surface area contributed by atoms with Crippen LogP contribution in [0.15, 0.2) is 24.3 Å². The normalized spacial score (nSPS) is 13.8. The monoisotopic (exact) mass is 189 g/mol. The highest BCUT2D eigenvalue weighted by molar-refractivity contribution is 5.75. The number of carbonyl (C=O) groups excluding carboxylic acids is 1. The van der Waals surface area contributed by atoms with Crippen LogP contribution in [0.25, 0.3) is 0 Å². The van der Waals surface area contributed by atoms with E-state index in [1.165, 1.54) is 0 Å². The van der Waals surface area contributed by atoms with Gasteiger partial charge in [-0.25, -0.2) is 0 Å². The Morgan fingerprint density at radius 2 is 2.07 bits per heavy atom. The number of hydrogen-bond acceptors (Lipinski definition) is 4. The van der Waals surface area contributed by atoms with Gasteiger partial charge in [-0.3, -0.25) is 10.5 Å². The molecular formula is C10H11N3O. The summed E-state index contributed by atoms with van der Waals surface area (Å²) in [4.78, 5) is 10.4. The van der Waals surface area contributed by atoms with Gasteiger partial charge in [-0.05, 0) is 31.2 Å². The Balaban J connectivity index is 2.80. The van der Waals surface area contributed by atoms with E-state index in [9.17, 15) is 4.79 Å². The molecule has 1 rings (SSSR count). The molecule has 0 aliphatic heterocycles. The smallest absolute Gasteiger partial charge is 0.173 e. The molecule has 0 aromatic heterocycles. The molecule has 0 spiro atoms. The summed E-state index contributed by atoms with van der Waals surface area (Å²) in [6, 6.07) is 8.63. The van der Waals surface area contributed by atoms with Crippen LogP contribution in [0.4, 0.5) is 5.69 Å². The quantitative estimate of drug-likeness (QED) is 0.551. The van der Waals surface area contributed by atoms with Gasteiger partial charge in [0.15, 0.2) is 5.66 Å². The van der Waals surface area contributed by atoms with Crippen molar-refractivity contribution in [2.45, 2.75) is 12.6 Å². The van der Waals surface area contributed by atoms with Crippen LogP contribution in [-0.2, 0) is 0 Å². The summed E-state index contributed by atoms with van der Waals surface area (Å²) in [5.41, 5.74) is 5.78. The lowest BCUT2D eigenvalue weighted by molar-refractivity contribution is 0.112. The van der Waals surface area contributed by atoms with Crippen molar-refractivity contribution >= 4 is 12.0 Å². The maximum Gasteiger partial charge on any atom is 0.173 e. The lowest BCUT2D eigenvalue weighted by Crippen LogP contribution is -2.42. The Hall–Kier alpha value is -1.86. The first-order valence-corrected chi connectivity index (χ1v) is 4.11. The van der Waals surface area contributed by atoms with Crippen molar-refractivity contribution < 1.29 is 4.79 Å². The zero-order valence-corrected chi connectivity index (χ0v) is 7.82. The van der Waals surface area contributed by atoms with E-state index in [0.29, 0.717) is 11.3 Å². The Morgan fingerprint density at radius 1 is 1.50 bits per heavy atom. The molecule has 0 amide bonds. The summed E-state index contributed by atoms with van der Waals surface area (Å²) in [6.45, 7) is 1.57. The minimum atomic E-state index is -1.09. The fraction of sp³-hybridized carbons (Fsp3) is 0.200. The maximum absolute atomic E-state index is 10.4. The van der Waals surface area contributed by atoms with E-state index in [1.807, 2.05) is 6.07 Å². The zero-order valence-electron chi connectivity index (χ0n) is 7.82. The van der Waals surface area contributed by atoms with Crippen molar-refractivity contribution in [2.24, 2.45) is 5.73 Å². The highest BCUT2D eigenvalue weighted by Crippen LogP contribution is 2.11. The van der Waals surface area contributed by atoms with Crippen molar-refractivity contribution in [3.63, 3.8) is 0 Å². The Kier molecular flexibility index (Phi) is 2.85. The average molecular weight is 189 g/mol. The summed E-state index contributed by atoms with van der Waals surface area (Å²) in [5.74, 6) is 0. The molecule has 0 saturated carbocycles. The van der Waals surface area contributed by atoms with Crippen molar-refractivity contribution in [1.29, 1.82) is 5.26 Å². The second kappa shape index (κ2) is 3.90. The number of nitrogens with two attached hydrogens (primary N) is 1. The van der Waals surface area contributed by atoms with Gasteiger partial charge in [0.05, 0.1) is 0 Å². The van der Waals surface area contributed by atoms with Crippen LogP contribution >= 0.6 is 0 Å². The maximum atomic E-state index is 10.4. The topological polar surface area (TPSA) is 78.9 Å². The molecule has 0 aliphatic carbocycles. The van der Waals surface area contributed by atoms with Gasteiger partial charge >= 0.3 is 0 Å². The molecule has 0 unspecified atom stereocenters. The highest BCUT2D eigenvalue weighted by atomic mass is 16.1. The summed E-state index contributed by atoms with van der Waals surface area (Å²) >= 11 is 0. The van der Waals surface area contributed by atoms with Gasteiger partial charge in [0.1, 0.15) is 12.4 Å². The standard InChI is InChI=1S/C10H11N3O/c1-10(12,7-11)13-9-4-2-8(6-14)3-5-9/h2-6,13H,12H2,1H3/t10-/m1/s1. The number of hydrogen-bond donors (Lipinski definition) is 2. The van der Waals surface area contributed by atoms with Crippen molar-refractivity contribution in [3.05, 3.63) is 29.8 Å². The first-order valence-electron chi connectivity index (χ1n) is 4.11. The number of anilines is 1. The van der Waals surface area contributed by atoms with Crippen LogP contribution in [0, 0.1) is 11.3 Å². The Morgan fingerprint density at radius 3 is 2.50 bits per heavy atom. The summed E-state index contributed by atoms with van der Waals surface area (Å²) in [5, 5.41) is 11.5. The number of nitrogens with zero attached hydrogens (tertiary/aromatic N) is 1. The van der Waals surface area contributed by atoms with Crippen molar-refractivity contribution in [1.82, 2.24) is 0 Å². The molecule has 1 aromatic rings. The SMILES string of the molecule is C[C@](N)(C#N)Nc1ccc(C=O)cc1. The molecule has 3 N–H and O–H groups in total. The van der Waals surface area contributed by atoms with Crippen molar-refractivity contribution in [2.75, 3.05) is 5.32 Å². The summed E-state index contributed by atoms with van der Waals surface area (Å²) < 4.78 is 0. The molecule has 14 heavy (non-hydrogen) atoms. The van der Waals surface area contributed by atoms with E-state index >= 15 is 0 Å². The van der Waals surface area contributed by atoms with E-state index in [1.54, 1.807) is 31.2 Å². The van der Waals surface area contributed by atoms with Crippen LogP contribution < -0.4 is 11.1 Å². The van der Waals surface area contributed by atoms with Gasteiger partial charge in [-0.15, -0.1) is 0 Å². The van der Waals surface area contributed by atoms with Crippen LogP contribution in [0.1, 0.15) is 17.3 Å². The predicted octanol–water partition coefficient (Wildman–Crippen LogP) is 1.11. The van der Waals surface area contributed by atoms with Gasteiger partial charge in [-0.1, -0.05) is 0 Å². The lowest BCUT2D eigenvalue weighted by atomic mass is 10.2. The van der Waals surface area contributed by atoms with Gasteiger partial charge in [0.2, 0.25) is 0 Å². The predicted molar refractivity (Wildman–Crippen MR) is 53.7 cm³/mol. The third-order valence-corrected chi connectivity index (χ3v) is 1.68. The first-order chi connectivity index (χ1) is 6.57. The van der Waals surface area contributed by atoms with Gasteiger partial charge < -0.3 is 5.32 Å². The Labute approximate surface area is 82.3 Å². The van der Waals surface area contributed by atoms with E-state index in [4.69, 9.17) is 11.0 Å².